The number of fused-ring (bicyclic) bond motifs is 6. The van der Waals surface area contributed by atoms with E-state index in [0.717, 1.165) is 17.1 Å². The first-order valence-electron chi connectivity index (χ1n) is 18.4. The van der Waals surface area contributed by atoms with Crippen LogP contribution in [-0.2, 0) is 0 Å². The molecule has 244 valence electrons. The SMILES string of the molecule is c1ccc2c(N(c3ccc4c(ccc5ccccc54)c3)c3cc4ccc5cccc6c7cccc8ccc9cccc(c(c3)c4c56)c9c87)cccc2c1. The normalized spacial score (nSPS) is 12.2. The molecule has 0 aromatic heterocycles. The zero-order chi connectivity index (χ0) is 34.6. The predicted octanol–water partition coefficient (Wildman–Crippen LogP) is 15.0. The van der Waals surface area contributed by atoms with Crippen molar-refractivity contribution in [2.75, 3.05) is 4.90 Å². The van der Waals surface area contributed by atoms with Gasteiger partial charge in [0.2, 0.25) is 0 Å². The number of anilines is 3. The quantitative estimate of drug-likeness (QED) is 0.169. The van der Waals surface area contributed by atoms with Crippen molar-refractivity contribution in [3.63, 3.8) is 0 Å². The number of rotatable bonds is 3. The van der Waals surface area contributed by atoms with Gasteiger partial charge in [0.25, 0.3) is 0 Å². The molecule has 0 aliphatic rings. The van der Waals surface area contributed by atoms with Crippen molar-refractivity contribution in [1.82, 2.24) is 0 Å². The summed E-state index contributed by atoms with van der Waals surface area (Å²) in [6.45, 7) is 0. The van der Waals surface area contributed by atoms with Gasteiger partial charge < -0.3 is 4.90 Å². The summed E-state index contributed by atoms with van der Waals surface area (Å²) in [5.74, 6) is 0. The second-order valence-electron chi connectivity index (χ2n) is 14.5. The summed E-state index contributed by atoms with van der Waals surface area (Å²) in [6, 6.07) is 70.2. The molecule has 0 radical (unpaired) electrons. The monoisotopic (exact) mass is 669 g/mol. The Bertz CT molecular complexity index is 3450. The molecule has 1 heteroatoms. The van der Waals surface area contributed by atoms with E-state index in [9.17, 15) is 0 Å². The maximum atomic E-state index is 2.48. The first kappa shape index (κ1) is 28.7. The van der Waals surface area contributed by atoms with Crippen LogP contribution in [0.2, 0.25) is 0 Å². The smallest absolute Gasteiger partial charge is 0.0540 e. The minimum Gasteiger partial charge on any atom is -0.310 e. The van der Waals surface area contributed by atoms with Crippen molar-refractivity contribution in [2.24, 2.45) is 0 Å². The lowest BCUT2D eigenvalue weighted by Gasteiger charge is -2.28. The summed E-state index contributed by atoms with van der Waals surface area (Å²) in [4.78, 5) is 2.48. The van der Waals surface area contributed by atoms with Crippen LogP contribution in [0.15, 0.2) is 188 Å². The fraction of sp³-hybridized carbons (Fsp3) is 0. The highest BCUT2D eigenvalue weighted by atomic mass is 15.1. The van der Waals surface area contributed by atoms with E-state index in [1.54, 1.807) is 0 Å². The van der Waals surface area contributed by atoms with Crippen molar-refractivity contribution in [1.29, 1.82) is 0 Å². The Hall–Kier alpha value is -6.96. The largest absolute Gasteiger partial charge is 0.310 e. The van der Waals surface area contributed by atoms with Crippen LogP contribution in [0.3, 0.4) is 0 Å². The first-order chi connectivity index (χ1) is 26.3. The minimum atomic E-state index is 1.13. The molecule has 0 aliphatic heterocycles. The van der Waals surface area contributed by atoms with Gasteiger partial charge in [-0.2, -0.15) is 0 Å². The third-order valence-electron chi connectivity index (χ3n) is 11.7. The molecule has 0 aliphatic carbocycles. The predicted molar refractivity (Wildman–Crippen MR) is 230 cm³/mol. The summed E-state index contributed by atoms with van der Waals surface area (Å²) in [5, 5.41) is 22.9. The van der Waals surface area contributed by atoms with Gasteiger partial charge in [0.05, 0.1) is 5.69 Å². The molecule has 0 saturated heterocycles. The van der Waals surface area contributed by atoms with E-state index in [-0.39, 0.29) is 0 Å². The Labute approximate surface area is 305 Å². The zero-order valence-electron chi connectivity index (χ0n) is 28.8. The Balaban J connectivity index is 1.26. The average molecular weight is 670 g/mol. The minimum absolute atomic E-state index is 1.13. The van der Waals surface area contributed by atoms with Crippen molar-refractivity contribution < 1.29 is 0 Å². The van der Waals surface area contributed by atoms with Crippen molar-refractivity contribution >= 4 is 114 Å². The van der Waals surface area contributed by atoms with E-state index in [0.29, 0.717) is 0 Å². The first-order valence-corrected chi connectivity index (χ1v) is 18.4. The molecule has 0 fully saturated rings. The van der Waals surface area contributed by atoms with E-state index < -0.39 is 0 Å². The summed E-state index contributed by atoms with van der Waals surface area (Å²) < 4.78 is 0. The fourth-order valence-electron chi connectivity index (χ4n) is 9.37. The van der Waals surface area contributed by atoms with Crippen LogP contribution in [0, 0.1) is 0 Å². The van der Waals surface area contributed by atoms with Gasteiger partial charge in [-0.15, -0.1) is 0 Å². The molecule has 0 amide bonds. The fourth-order valence-corrected chi connectivity index (χ4v) is 9.37. The molecule has 12 aromatic rings. The van der Waals surface area contributed by atoms with Gasteiger partial charge in [0.15, 0.2) is 0 Å². The topological polar surface area (TPSA) is 3.24 Å². The molecule has 12 aromatic carbocycles. The molecule has 12 rings (SSSR count). The molecule has 0 saturated carbocycles. The number of hydrogen-bond donors (Lipinski definition) is 0. The lowest BCUT2D eigenvalue weighted by molar-refractivity contribution is 1.31. The molecule has 0 atom stereocenters. The highest BCUT2D eigenvalue weighted by Gasteiger charge is 2.21. The van der Waals surface area contributed by atoms with E-state index in [4.69, 9.17) is 0 Å². The summed E-state index contributed by atoms with van der Waals surface area (Å²) in [5.41, 5.74) is 3.43. The summed E-state index contributed by atoms with van der Waals surface area (Å²) in [6.07, 6.45) is 0. The molecule has 0 spiro atoms. The number of benzene rings is 11. The maximum absolute atomic E-state index is 2.48. The van der Waals surface area contributed by atoms with Crippen LogP contribution in [0.1, 0.15) is 0 Å². The van der Waals surface area contributed by atoms with Gasteiger partial charge >= 0.3 is 0 Å². The number of nitrogens with zero attached hydrogens (tertiary/aromatic N) is 1. The van der Waals surface area contributed by atoms with Crippen LogP contribution in [-0.4, -0.2) is 0 Å². The van der Waals surface area contributed by atoms with Gasteiger partial charge in [0.1, 0.15) is 0 Å². The Kier molecular flexibility index (Phi) is 5.84. The second-order valence-corrected chi connectivity index (χ2v) is 14.5. The van der Waals surface area contributed by atoms with Gasteiger partial charge in [-0.25, -0.2) is 0 Å². The standard InChI is InChI=1S/C52H31N/c1-3-15-41-33(10-1)21-25-37-29-39(27-28-42(37)41)53(48-20-8-11-32-9-2-4-16-43(32)48)40-30-38-26-24-36-13-6-18-45-44-17-5-12-34-22-23-35-14-7-19-46(51(35)49(34)44)47(31-40)52(38)50(36)45/h1-31H. The van der Waals surface area contributed by atoms with Gasteiger partial charge in [-0.3, -0.25) is 0 Å². The third kappa shape index (κ3) is 4.08. The molecular formula is C52H31N. The summed E-state index contributed by atoms with van der Waals surface area (Å²) in [7, 11) is 0. The molecule has 1 nitrogen and oxygen atoms in total. The molecule has 0 heterocycles. The van der Waals surface area contributed by atoms with Crippen LogP contribution in [0.25, 0.3) is 97.0 Å². The lowest BCUT2D eigenvalue weighted by Crippen LogP contribution is -2.10. The van der Waals surface area contributed by atoms with Crippen LogP contribution in [0.5, 0.6) is 0 Å². The van der Waals surface area contributed by atoms with Crippen molar-refractivity contribution in [2.45, 2.75) is 0 Å². The molecule has 0 unspecified atom stereocenters. The van der Waals surface area contributed by atoms with Crippen LogP contribution in [0.4, 0.5) is 17.1 Å². The van der Waals surface area contributed by atoms with Gasteiger partial charge in [-0.05, 0) is 122 Å². The van der Waals surface area contributed by atoms with Crippen molar-refractivity contribution in [3.8, 4) is 0 Å². The maximum Gasteiger partial charge on any atom is 0.0540 e. The lowest BCUT2D eigenvalue weighted by atomic mass is 9.87. The van der Waals surface area contributed by atoms with Gasteiger partial charge in [-0.1, -0.05) is 158 Å². The second kappa shape index (κ2) is 10.8. The third-order valence-corrected chi connectivity index (χ3v) is 11.7. The summed E-state index contributed by atoms with van der Waals surface area (Å²) >= 11 is 0. The van der Waals surface area contributed by atoms with E-state index in [1.165, 1.54) is 97.0 Å². The molecule has 0 N–H and O–H groups in total. The van der Waals surface area contributed by atoms with Gasteiger partial charge in [0, 0.05) is 16.8 Å². The molecular weight excluding hydrogens is 639 g/mol. The highest BCUT2D eigenvalue weighted by molar-refractivity contribution is 6.37. The van der Waals surface area contributed by atoms with E-state index in [1.807, 2.05) is 0 Å². The van der Waals surface area contributed by atoms with E-state index >= 15 is 0 Å². The average Bonchev–Trinajstić information content (AvgIpc) is 3.22. The zero-order valence-corrected chi connectivity index (χ0v) is 28.8. The van der Waals surface area contributed by atoms with Crippen LogP contribution >= 0.6 is 0 Å². The van der Waals surface area contributed by atoms with E-state index in [2.05, 4.69) is 193 Å². The molecule has 0 bridgehead atoms. The van der Waals surface area contributed by atoms with Crippen molar-refractivity contribution in [3.05, 3.63) is 188 Å². The Morgan fingerprint density at radius 2 is 0.660 bits per heavy atom. The number of hydrogen-bond acceptors (Lipinski definition) is 1. The molecule has 53 heavy (non-hydrogen) atoms. The Morgan fingerprint density at radius 1 is 0.226 bits per heavy atom. The highest BCUT2D eigenvalue weighted by Crippen LogP contribution is 2.47. The Morgan fingerprint density at radius 3 is 1.36 bits per heavy atom. The van der Waals surface area contributed by atoms with Crippen LogP contribution < -0.4 is 4.90 Å².